The number of aromatic nitrogens is 5. The van der Waals surface area contributed by atoms with Crippen LogP contribution >= 0.6 is 11.3 Å². The van der Waals surface area contributed by atoms with Gasteiger partial charge in [0, 0.05) is 30.9 Å². The van der Waals surface area contributed by atoms with E-state index in [0.29, 0.717) is 40.9 Å². The van der Waals surface area contributed by atoms with Gasteiger partial charge in [0.05, 0.1) is 27.4 Å². The minimum atomic E-state index is -1.03. The topological polar surface area (TPSA) is 169 Å². The van der Waals surface area contributed by atoms with Crippen molar-refractivity contribution in [3.05, 3.63) is 57.6 Å². The van der Waals surface area contributed by atoms with Gasteiger partial charge in [-0.15, -0.1) is 0 Å². The van der Waals surface area contributed by atoms with E-state index in [2.05, 4.69) is 25.4 Å². The molecule has 15 heteroatoms. The van der Waals surface area contributed by atoms with E-state index < -0.39 is 22.9 Å². The number of halogens is 1. The van der Waals surface area contributed by atoms with Crippen LogP contribution in [0.2, 0.25) is 0 Å². The molecule has 0 spiro atoms. The zero-order chi connectivity index (χ0) is 24.7. The molecule has 2 N–H and O–H groups in total. The Balaban J connectivity index is 1.57. The molecule has 2 amide bonds. The highest BCUT2D eigenvalue weighted by molar-refractivity contribution is 7.17. The molecule has 5 rings (SSSR count). The molecule has 0 radical (unpaired) electrons. The molecule has 5 heterocycles. The highest BCUT2D eigenvalue weighted by Gasteiger charge is 2.30. The van der Waals surface area contributed by atoms with Gasteiger partial charge >= 0.3 is 11.1 Å². The first-order valence-corrected chi connectivity index (χ1v) is 11.0. The van der Waals surface area contributed by atoms with Gasteiger partial charge in [-0.2, -0.15) is 9.49 Å². The molecular formula is C20H15FN8O5S. The largest absolute Gasteiger partial charge is 0.465 e. The average molecular weight is 498 g/mol. The fourth-order valence-corrected chi connectivity index (χ4v) is 4.47. The van der Waals surface area contributed by atoms with Gasteiger partial charge in [0.2, 0.25) is 5.95 Å². The number of likely N-dealkylation sites (tertiary alicyclic amines) is 1. The molecular weight excluding hydrogens is 483 g/mol. The van der Waals surface area contributed by atoms with Crippen molar-refractivity contribution in [3.8, 4) is 11.4 Å². The molecule has 0 bridgehead atoms. The first-order chi connectivity index (χ1) is 16.8. The second kappa shape index (κ2) is 8.68. The van der Waals surface area contributed by atoms with Gasteiger partial charge in [0.25, 0.3) is 5.91 Å². The van der Waals surface area contributed by atoms with Crippen molar-refractivity contribution in [2.24, 2.45) is 0 Å². The number of carboxylic acid groups (broad SMARTS) is 1. The summed E-state index contributed by atoms with van der Waals surface area (Å²) in [6.45, 7) is 0.548. The zero-order valence-corrected chi connectivity index (χ0v) is 18.5. The molecule has 1 unspecified atom stereocenters. The van der Waals surface area contributed by atoms with E-state index in [0.717, 1.165) is 6.07 Å². The minimum absolute atomic E-state index is 0.0923. The summed E-state index contributed by atoms with van der Waals surface area (Å²) in [5.41, 5.74) is 0.714. The van der Waals surface area contributed by atoms with Crippen molar-refractivity contribution in [3.63, 3.8) is 0 Å². The van der Waals surface area contributed by atoms with Gasteiger partial charge in [-0.25, -0.2) is 24.4 Å². The van der Waals surface area contributed by atoms with Crippen LogP contribution < -0.4 is 5.32 Å². The Morgan fingerprint density at radius 3 is 2.71 bits per heavy atom. The van der Waals surface area contributed by atoms with Crippen molar-refractivity contribution in [2.75, 3.05) is 18.4 Å². The third-order valence-corrected chi connectivity index (χ3v) is 6.48. The summed E-state index contributed by atoms with van der Waals surface area (Å²) in [6.07, 6.45) is 2.18. The number of nitrogens with zero attached hydrogens (tertiary/aromatic N) is 7. The Hall–Kier alpha value is -4.53. The average Bonchev–Trinajstić information content (AvgIpc) is 3.58. The van der Waals surface area contributed by atoms with Crippen LogP contribution in [0.3, 0.4) is 0 Å². The SMILES string of the molecule is O=C(Nc1nc(-c2ccc(F)nc2)nc2c1cnn2C1CCN(C(=O)O)C1)c1ccc([N+](=O)[O-])s1. The Labute approximate surface area is 199 Å². The number of anilines is 1. The minimum Gasteiger partial charge on any atom is -0.465 e. The summed E-state index contributed by atoms with van der Waals surface area (Å²) in [4.78, 5) is 48.5. The summed E-state index contributed by atoms with van der Waals surface area (Å²) in [5.74, 6) is -1.08. The van der Waals surface area contributed by atoms with Crippen molar-refractivity contribution in [1.82, 2.24) is 29.6 Å². The van der Waals surface area contributed by atoms with Gasteiger partial charge < -0.3 is 15.3 Å². The van der Waals surface area contributed by atoms with E-state index in [-0.39, 0.29) is 34.1 Å². The number of amides is 2. The molecule has 0 aromatic carbocycles. The number of carbonyl (C=O) groups is 2. The Bertz CT molecular complexity index is 1470. The number of rotatable bonds is 5. The van der Waals surface area contributed by atoms with E-state index in [1.165, 1.54) is 35.5 Å². The fourth-order valence-electron chi connectivity index (χ4n) is 3.76. The lowest BCUT2D eigenvalue weighted by Crippen LogP contribution is -2.27. The molecule has 0 aliphatic carbocycles. The number of nitro groups is 1. The maximum atomic E-state index is 13.4. The van der Waals surface area contributed by atoms with Crippen molar-refractivity contribution < 1.29 is 24.0 Å². The van der Waals surface area contributed by atoms with Crippen LogP contribution in [0.1, 0.15) is 22.1 Å². The summed E-state index contributed by atoms with van der Waals surface area (Å²) >= 11 is 0.716. The van der Waals surface area contributed by atoms with E-state index in [9.17, 15) is 29.2 Å². The number of fused-ring (bicyclic) bond motifs is 1. The molecule has 178 valence electrons. The smallest absolute Gasteiger partial charge is 0.407 e. The third kappa shape index (κ3) is 4.23. The second-order valence-electron chi connectivity index (χ2n) is 7.61. The van der Waals surface area contributed by atoms with Crippen LogP contribution in [0.5, 0.6) is 0 Å². The van der Waals surface area contributed by atoms with Crippen molar-refractivity contribution >= 4 is 45.2 Å². The quantitative estimate of drug-likeness (QED) is 0.238. The number of carbonyl (C=O) groups excluding carboxylic acids is 1. The maximum absolute atomic E-state index is 13.4. The summed E-state index contributed by atoms with van der Waals surface area (Å²) < 4.78 is 14.9. The van der Waals surface area contributed by atoms with Crippen LogP contribution in [0.25, 0.3) is 22.4 Å². The normalized spacial score (nSPS) is 15.5. The highest BCUT2D eigenvalue weighted by Crippen LogP contribution is 2.31. The standard InChI is InChI=1S/C20H15FN8O5S/c21-14-3-1-10(7-22-14)16-24-17(26-19(30)13-2-4-15(35-13)29(33)34)12-8-23-28(18(12)25-16)11-5-6-27(9-11)20(31)32/h1-4,7-8,11H,5-6,9H2,(H,31,32)(H,24,25,26,30). The zero-order valence-electron chi connectivity index (χ0n) is 17.7. The summed E-state index contributed by atoms with van der Waals surface area (Å²) in [5, 5.41) is 27.5. The van der Waals surface area contributed by atoms with Crippen LogP contribution in [0.15, 0.2) is 36.7 Å². The lowest BCUT2D eigenvalue weighted by molar-refractivity contribution is -0.380. The first kappa shape index (κ1) is 22.3. The molecule has 1 fully saturated rings. The third-order valence-electron chi connectivity index (χ3n) is 5.45. The highest BCUT2D eigenvalue weighted by atomic mass is 32.1. The number of hydrogen-bond acceptors (Lipinski definition) is 9. The fraction of sp³-hybridized carbons (Fsp3) is 0.200. The van der Waals surface area contributed by atoms with E-state index >= 15 is 0 Å². The second-order valence-corrected chi connectivity index (χ2v) is 8.67. The van der Waals surface area contributed by atoms with Crippen LogP contribution in [-0.4, -0.2) is 64.8 Å². The van der Waals surface area contributed by atoms with Crippen LogP contribution in [0, 0.1) is 16.1 Å². The van der Waals surface area contributed by atoms with Gasteiger partial charge in [-0.1, -0.05) is 11.3 Å². The van der Waals surface area contributed by atoms with E-state index in [1.54, 1.807) is 4.68 Å². The van der Waals surface area contributed by atoms with Crippen molar-refractivity contribution in [2.45, 2.75) is 12.5 Å². The number of thiophene rings is 1. The number of nitrogens with one attached hydrogen (secondary N) is 1. The van der Waals surface area contributed by atoms with Crippen LogP contribution in [-0.2, 0) is 0 Å². The van der Waals surface area contributed by atoms with Gasteiger partial charge in [-0.3, -0.25) is 14.9 Å². The molecule has 1 atom stereocenters. The van der Waals surface area contributed by atoms with Crippen molar-refractivity contribution in [1.29, 1.82) is 0 Å². The predicted octanol–water partition coefficient (Wildman–Crippen LogP) is 3.17. The summed E-state index contributed by atoms with van der Waals surface area (Å²) in [6, 6.07) is 4.85. The molecule has 1 aliphatic heterocycles. The van der Waals surface area contributed by atoms with Gasteiger partial charge in [0.15, 0.2) is 11.5 Å². The maximum Gasteiger partial charge on any atom is 0.407 e. The number of pyridine rings is 1. The number of hydrogen-bond donors (Lipinski definition) is 2. The summed E-state index contributed by atoms with van der Waals surface area (Å²) in [7, 11) is 0. The lowest BCUT2D eigenvalue weighted by atomic mass is 10.2. The Kier molecular flexibility index (Phi) is 5.52. The lowest BCUT2D eigenvalue weighted by Gasteiger charge is -2.14. The molecule has 1 aliphatic rings. The molecule has 35 heavy (non-hydrogen) atoms. The molecule has 4 aromatic heterocycles. The van der Waals surface area contributed by atoms with Gasteiger partial charge in [0.1, 0.15) is 5.82 Å². The predicted molar refractivity (Wildman–Crippen MR) is 121 cm³/mol. The monoisotopic (exact) mass is 498 g/mol. The Morgan fingerprint density at radius 2 is 2.06 bits per heavy atom. The Morgan fingerprint density at radius 1 is 1.23 bits per heavy atom. The van der Waals surface area contributed by atoms with Gasteiger partial charge in [-0.05, 0) is 24.6 Å². The first-order valence-electron chi connectivity index (χ1n) is 10.2. The molecule has 0 saturated carbocycles. The van der Waals surface area contributed by atoms with E-state index in [1.807, 2.05) is 0 Å². The molecule has 13 nitrogen and oxygen atoms in total. The molecule has 4 aromatic rings. The molecule has 1 saturated heterocycles. The van der Waals surface area contributed by atoms with Crippen LogP contribution in [0.4, 0.5) is 20.0 Å². The van der Waals surface area contributed by atoms with E-state index in [4.69, 9.17) is 0 Å².